The van der Waals surface area contributed by atoms with Crippen LogP contribution in [0, 0.1) is 0 Å². The number of aliphatic hydroxyl groups is 2. The summed E-state index contributed by atoms with van der Waals surface area (Å²) in [5, 5.41) is 49.6. The van der Waals surface area contributed by atoms with Crippen molar-refractivity contribution in [1.29, 1.82) is 0 Å². The number of aliphatic hydroxyl groups excluding tert-OH is 2. The van der Waals surface area contributed by atoms with E-state index < -0.39 is 5.97 Å². The Morgan fingerprint density at radius 2 is 1.80 bits per heavy atom. The van der Waals surface area contributed by atoms with Crippen LogP contribution in [0.25, 0.3) is 33.4 Å². The third-order valence-corrected chi connectivity index (χ3v) is 7.65. The summed E-state index contributed by atoms with van der Waals surface area (Å²) in [4.78, 5) is 29.8. The number of benzene rings is 3. The lowest BCUT2D eigenvalue weighted by molar-refractivity contribution is -0.910. The Morgan fingerprint density at radius 1 is 1.04 bits per heavy atom. The fourth-order valence-electron chi connectivity index (χ4n) is 4.97. The SMILES string of the molecule is C[N+](CCO)(CCO)CCON=CCCCNC(=S)Nc1ccc(-c2c3ccc(=O)cc-3oc3cc(O)ccc23)c(C(=O)O)c1. The quantitative estimate of drug-likeness (QED) is 0.0281. The predicted molar refractivity (Wildman–Crippen MR) is 176 cm³/mol. The first kappa shape index (κ1) is 33.3. The highest BCUT2D eigenvalue weighted by Crippen LogP contribution is 2.42. The van der Waals surface area contributed by atoms with E-state index in [0.717, 1.165) is 6.42 Å². The number of carboxylic acids is 1. The van der Waals surface area contributed by atoms with E-state index >= 15 is 0 Å². The number of thiocarbonyl (C=S) groups is 1. The van der Waals surface area contributed by atoms with E-state index in [9.17, 15) is 30.0 Å². The Hall–Kier alpha value is -4.56. The van der Waals surface area contributed by atoms with Crippen molar-refractivity contribution in [2.45, 2.75) is 12.8 Å². The van der Waals surface area contributed by atoms with E-state index in [2.05, 4.69) is 15.8 Å². The monoisotopic (exact) mass is 637 g/mol. The van der Waals surface area contributed by atoms with Gasteiger partial charge in [0.05, 0.1) is 25.8 Å². The average Bonchev–Trinajstić information content (AvgIpc) is 2.99. The third kappa shape index (κ3) is 8.76. The highest BCUT2D eigenvalue weighted by atomic mass is 32.1. The number of nitrogens with one attached hydrogen (secondary N) is 2. The molecule has 0 spiro atoms. The van der Waals surface area contributed by atoms with Gasteiger partial charge in [0.1, 0.15) is 36.7 Å². The minimum atomic E-state index is -1.15. The molecule has 0 unspecified atom stereocenters. The van der Waals surface area contributed by atoms with Crippen LogP contribution in [0.1, 0.15) is 23.2 Å². The number of hydrogen-bond donors (Lipinski definition) is 6. The number of aromatic hydroxyl groups is 1. The summed E-state index contributed by atoms with van der Waals surface area (Å²) in [6.45, 7) is 2.66. The summed E-state index contributed by atoms with van der Waals surface area (Å²) in [7, 11) is 1.95. The molecule has 2 aromatic rings. The minimum Gasteiger partial charge on any atom is -0.508 e. The molecule has 6 N–H and O–H groups in total. The van der Waals surface area contributed by atoms with E-state index in [4.69, 9.17) is 21.5 Å². The van der Waals surface area contributed by atoms with Gasteiger partial charge in [0.25, 0.3) is 0 Å². The Labute approximate surface area is 265 Å². The first-order valence-corrected chi connectivity index (χ1v) is 14.9. The number of hydrogen-bond acceptors (Lipinski definition) is 9. The molecule has 1 heterocycles. The van der Waals surface area contributed by atoms with Gasteiger partial charge in [-0.15, -0.1) is 0 Å². The molecular weight excluding hydrogens is 600 g/mol. The molecular formula is C32H37N4O8S+. The van der Waals surface area contributed by atoms with E-state index in [1.165, 1.54) is 30.3 Å². The Kier molecular flexibility index (Phi) is 11.4. The fourth-order valence-corrected chi connectivity index (χ4v) is 5.19. The number of phenolic OH excluding ortho intramolecular Hbond substituents is 1. The maximum absolute atomic E-state index is 12.4. The molecule has 1 aliphatic heterocycles. The van der Waals surface area contributed by atoms with Gasteiger partial charge >= 0.3 is 5.97 Å². The van der Waals surface area contributed by atoms with Gasteiger partial charge in [0.15, 0.2) is 17.1 Å². The molecule has 2 aliphatic rings. The van der Waals surface area contributed by atoms with Crippen LogP contribution in [0.15, 0.2) is 69.0 Å². The Bertz CT molecular complexity index is 1700. The number of oxime groups is 1. The van der Waals surface area contributed by atoms with Crippen LogP contribution in [0.2, 0.25) is 0 Å². The molecule has 0 saturated heterocycles. The molecule has 45 heavy (non-hydrogen) atoms. The van der Waals surface area contributed by atoms with Gasteiger partial charge in [0.2, 0.25) is 0 Å². The summed E-state index contributed by atoms with van der Waals surface area (Å²) < 4.78 is 6.38. The van der Waals surface area contributed by atoms with Crippen molar-refractivity contribution < 1.29 is 39.0 Å². The number of rotatable bonds is 15. The largest absolute Gasteiger partial charge is 0.508 e. The minimum absolute atomic E-state index is 0.0129. The number of carbonyl (C=O) groups is 1. The number of anilines is 1. The number of unbranched alkanes of at least 4 members (excludes halogenated alkanes) is 1. The smallest absolute Gasteiger partial charge is 0.336 e. The van der Waals surface area contributed by atoms with Gasteiger partial charge in [-0.05, 0) is 67.0 Å². The van der Waals surface area contributed by atoms with Gasteiger partial charge < -0.3 is 44.8 Å². The molecule has 4 rings (SSSR count). The number of nitrogens with zero attached hydrogens (tertiary/aromatic N) is 2. The van der Waals surface area contributed by atoms with Gasteiger partial charge in [-0.3, -0.25) is 4.79 Å². The summed E-state index contributed by atoms with van der Waals surface area (Å²) in [6, 6.07) is 13.8. The normalized spacial score (nSPS) is 11.7. The number of phenols is 1. The second-order valence-electron chi connectivity index (χ2n) is 10.8. The van der Waals surface area contributed by atoms with Crippen molar-refractivity contribution in [2.75, 3.05) is 58.4 Å². The van der Waals surface area contributed by atoms with Crippen LogP contribution < -0.4 is 16.1 Å². The van der Waals surface area contributed by atoms with Crippen LogP contribution in [-0.4, -0.2) is 95.3 Å². The van der Waals surface area contributed by atoms with Crippen molar-refractivity contribution in [3.63, 3.8) is 0 Å². The summed E-state index contributed by atoms with van der Waals surface area (Å²) in [5.74, 6) is -0.906. The maximum Gasteiger partial charge on any atom is 0.336 e. The maximum atomic E-state index is 12.4. The average molecular weight is 638 g/mol. The van der Waals surface area contributed by atoms with Crippen molar-refractivity contribution in [2.24, 2.45) is 5.16 Å². The van der Waals surface area contributed by atoms with Gasteiger partial charge in [-0.25, -0.2) is 4.79 Å². The summed E-state index contributed by atoms with van der Waals surface area (Å²) in [5.41, 5.74) is 2.07. The zero-order valence-corrected chi connectivity index (χ0v) is 25.7. The number of likely N-dealkylation sites (N-methyl/N-ethyl adjacent to an activating group) is 1. The second kappa shape index (κ2) is 15.4. The second-order valence-corrected chi connectivity index (χ2v) is 11.2. The Morgan fingerprint density at radius 3 is 2.53 bits per heavy atom. The van der Waals surface area contributed by atoms with Crippen LogP contribution in [0.5, 0.6) is 5.75 Å². The molecule has 0 bridgehead atoms. The molecule has 0 atom stereocenters. The first-order valence-electron chi connectivity index (χ1n) is 14.5. The molecule has 0 saturated carbocycles. The van der Waals surface area contributed by atoms with E-state index in [0.29, 0.717) is 82.1 Å². The molecule has 12 nitrogen and oxygen atoms in total. The zero-order chi connectivity index (χ0) is 32.4. The standard InChI is InChI=1S/C32H36N4O8S/c1-36(12-15-37,13-16-38)14-17-43-34-11-3-2-10-33-32(45)35-21-4-7-24(27(18-21)31(41)42)30-25-8-5-22(39)19-28(25)44-29-20-23(40)6-9-26(29)30/h4-9,11,18-20,37-38H,2-3,10,12-17H2,1H3,(H3-,33,35,39,40,41,42,45)/p+1. The molecule has 0 amide bonds. The molecule has 1 aliphatic carbocycles. The highest BCUT2D eigenvalue weighted by molar-refractivity contribution is 7.80. The lowest BCUT2D eigenvalue weighted by Gasteiger charge is -2.32. The van der Waals surface area contributed by atoms with Crippen LogP contribution in [0.3, 0.4) is 0 Å². The first-order chi connectivity index (χ1) is 21.6. The zero-order valence-electron chi connectivity index (χ0n) is 24.9. The fraction of sp³-hybridized carbons (Fsp3) is 0.312. The van der Waals surface area contributed by atoms with E-state index in [-0.39, 0.29) is 35.7 Å². The van der Waals surface area contributed by atoms with E-state index in [1.807, 2.05) is 7.05 Å². The van der Waals surface area contributed by atoms with Crippen molar-refractivity contribution in [1.82, 2.24) is 5.32 Å². The molecule has 0 fully saturated rings. The number of fused-ring (bicyclic) bond motifs is 2. The van der Waals surface area contributed by atoms with E-state index in [1.54, 1.807) is 30.5 Å². The molecule has 13 heteroatoms. The molecule has 0 aromatic heterocycles. The third-order valence-electron chi connectivity index (χ3n) is 7.40. The van der Waals surface area contributed by atoms with Gasteiger partial charge in [0, 0.05) is 47.1 Å². The predicted octanol–water partition coefficient (Wildman–Crippen LogP) is 3.47. The van der Waals surface area contributed by atoms with Crippen molar-refractivity contribution >= 4 is 46.2 Å². The topological polar surface area (TPSA) is 174 Å². The van der Waals surface area contributed by atoms with Crippen LogP contribution >= 0.6 is 12.2 Å². The van der Waals surface area contributed by atoms with Crippen molar-refractivity contribution in [3.8, 4) is 28.2 Å². The summed E-state index contributed by atoms with van der Waals surface area (Å²) >= 11 is 5.40. The van der Waals surface area contributed by atoms with Crippen molar-refractivity contribution in [3.05, 3.63) is 70.4 Å². The summed E-state index contributed by atoms with van der Waals surface area (Å²) in [6.07, 6.45) is 3.03. The van der Waals surface area contributed by atoms with Crippen LogP contribution in [0.4, 0.5) is 5.69 Å². The number of quaternary nitrogens is 1. The van der Waals surface area contributed by atoms with Gasteiger partial charge in [-0.2, -0.15) is 0 Å². The molecule has 238 valence electrons. The molecule has 2 aromatic carbocycles. The number of carboxylic acid groups (broad SMARTS) is 1. The molecule has 0 radical (unpaired) electrons. The highest BCUT2D eigenvalue weighted by Gasteiger charge is 2.23. The van der Waals surface area contributed by atoms with Gasteiger partial charge in [-0.1, -0.05) is 11.2 Å². The van der Waals surface area contributed by atoms with Crippen LogP contribution in [-0.2, 0) is 4.84 Å². The number of aromatic carboxylic acids is 1. The Balaban J connectivity index is 1.37. The lowest BCUT2D eigenvalue weighted by atomic mass is 9.90. The lowest BCUT2D eigenvalue weighted by Crippen LogP contribution is -2.49.